The van der Waals surface area contributed by atoms with Gasteiger partial charge in [-0.2, -0.15) is 26.3 Å². The molecule has 1 aromatic heterocycles. The number of nitrogens with zero attached hydrogens (tertiary/aromatic N) is 2. The predicted molar refractivity (Wildman–Crippen MR) is 83.7 cm³/mol. The van der Waals surface area contributed by atoms with Gasteiger partial charge in [-0.25, -0.2) is 9.37 Å². The molecule has 2 rings (SSSR count). The van der Waals surface area contributed by atoms with E-state index in [1.807, 2.05) is 0 Å². The number of alkyl halides is 7. The maximum atomic E-state index is 13.9. The van der Waals surface area contributed by atoms with Crippen molar-refractivity contribution < 1.29 is 40.3 Å². The molecule has 1 aromatic carbocycles. The van der Waals surface area contributed by atoms with Gasteiger partial charge in [-0.15, -0.1) is 0 Å². The summed E-state index contributed by atoms with van der Waals surface area (Å²) in [4.78, 5) is 16.9. The van der Waals surface area contributed by atoms with Crippen molar-refractivity contribution in [3.05, 3.63) is 53.7 Å². The Kier molecular flexibility index (Phi) is 5.58. The fourth-order valence-corrected chi connectivity index (χ4v) is 2.19. The molecule has 0 radical (unpaired) electrons. The maximum absolute atomic E-state index is 13.9. The number of carbonyl (C=O) groups excluding carboxylic acids is 1. The van der Waals surface area contributed by atoms with Crippen LogP contribution in [0.1, 0.15) is 15.9 Å². The second-order valence-corrected chi connectivity index (χ2v) is 5.87. The fraction of sp³-hybridized carbons (Fsp3) is 0.294. The lowest BCUT2D eigenvalue weighted by Gasteiger charge is -2.30. The topological polar surface area (TPSA) is 42.4 Å². The first kappa shape index (κ1) is 21.5. The van der Waals surface area contributed by atoms with Gasteiger partial charge in [-0.3, -0.25) is 4.79 Å². The molecule has 4 nitrogen and oxygen atoms in total. The summed E-state index contributed by atoms with van der Waals surface area (Å²) >= 11 is 0. The van der Waals surface area contributed by atoms with Crippen molar-refractivity contribution >= 4 is 5.91 Å². The average Bonchev–Trinajstić information content (AvgIpc) is 2.59. The maximum Gasteiger partial charge on any atom is 0.435 e. The molecule has 0 fully saturated rings. The summed E-state index contributed by atoms with van der Waals surface area (Å²) in [6, 6.07) is 4.83. The Morgan fingerprint density at radius 2 is 1.43 bits per heavy atom. The third-order valence-electron chi connectivity index (χ3n) is 3.65. The number of hydrogen-bond acceptors (Lipinski definition) is 3. The number of aromatic nitrogens is 1. The summed E-state index contributed by atoms with van der Waals surface area (Å²) in [5.74, 6) is -0.571. The van der Waals surface area contributed by atoms with Gasteiger partial charge in [0.25, 0.3) is 5.91 Å². The van der Waals surface area contributed by atoms with Crippen LogP contribution in [0, 0.1) is 0 Å². The first-order chi connectivity index (χ1) is 12.8. The van der Waals surface area contributed by atoms with Gasteiger partial charge in [0.15, 0.2) is 0 Å². The molecule has 2 aromatic rings. The van der Waals surface area contributed by atoms with E-state index in [1.54, 1.807) is 0 Å². The van der Waals surface area contributed by atoms with Crippen LogP contribution in [0.4, 0.5) is 30.7 Å². The van der Waals surface area contributed by atoms with Gasteiger partial charge in [0.1, 0.15) is 5.75 Å². The summed E-state index contributed by atoms with van der Waals surface area (Å²) in [7, 11) is 3.06. The largest absolute Gasteiger partial charge is 0.439 e. The molecule has 0 aliphatic carbocycles. The molecule has 0 atom stereocenters. The predicted octanol–water partition coefficient (Wildman–Crippen LogP) is 4.87. The summed E-state index contributed by atoms with van der Waals surface area (Å²) in [5.41, 5.74) is -6.89. The number of halogens is 7. The van der Waals surface area contributed by atoms with Crippen LogP contribution in [0.3, 0.4) is 0 Å². The monoisotopic (exact) mass is 410 g/mol. The quantitative estimate of drug-likeness (QED) is 0.676. The second-order valence-electron chi connectivity index (χ2n) is 5.87. The number of hydrogen-bond donors (Lipinski definition) is 0. The Morgan fingerprint density at radius 1 is 0.893 bits per heavy atom. The Labute approximate surface area is 154 Å². The minimum absolute atomic E-state index is 0.0683. The Bertz CT molecular complexity index is 815. The fourth-order valence-electron chi connectivity index (χ4n) is 2.19. The zero-order valence-electron chi connectivity index (χ0n) is 14.4. The lowest BCUT2D eigenvalue weighted by molar-refractivity contribution is -0.348. The molecule has 1 heterocycles. The highest BCUT2D eigenvalue weighted by Gasteiger charge is 2.73. The minimum atomic E-state index is -6.19. The second kappa shape index (κ2) is 7.28. The summed E-state index contributed by atoms with van der Waals surface area (Å²) in [5, 5.41) is 0. The zero-order valence-corrected chi connectivity index (χ0v) is 14.4. The van der Waals surface area contributed by atoms with Gasteiger partial charge in [0, 0.05) is 31.9 Å². The van der Waals surface area contributed by atoms with E-state index in [1.165, 1.54) is 37.3 Å². The van der Waals surface area contributed by atoms with Crippen molar-refractivity contribution in [1.82, 2.24) is 9.88 Å². The zero-order chi connectivity index (χ0) is 21.3. The van der Waals surface area contributed by atoms with E-state index in [9.17, 15) is 35.5 Å². The van der Waals surface area contributed by atoms with Crippen LogP contribution in [-0.4, -0.2) is 42.2 Å². The van der Waals surface area contributed by atoms with Gasteiger partial charge in [0.2, 0.25) is 5.88 Å². The van der Waals surface area contributed by atoms with Crippen molar-refractivity contribution in [1.29, 1.82) is 0 Å². The molecule has 28 heavy (non-hydrogen) atoms. The highest BCUT2D eigenvalue weighted by atomic mass is 19.4. The molecule has 0 aliphatic heterocycles. The minimum Gasteiger partial charge on any atom is -0.439 e. The van der Waals surface area contributed by atoms with E-state index >= 15 is 0 Å². The van der Waals surface area contributed by atoms with E-state index in [0.29, 0.717) is 12.1 Å². The van der Waals surface area contributed by atoms with Gasteiger partial charge < -0.3 is 9.64 Å². The van der Waals surface area contributed by atoms with Gasteiger partial charge in [-0.1, -0.05) is 12.1 Å². The van der Waals surface area contributed by atoms with Crippen molar-refractivity contribution in [3.8, 4) is 11.6 Å². The Balaban J connectivity index is 2.24. The Hall–Kier alpha value is -2.85. The molecule has 0 spiro atoms. The van der Waals surface area contributed by atoms with Crippen LogP contribution in [-0.2, 0) is 5.67 Å². The third kappa shape index (κ3) is 4.02. The van der Waals surface area contributed by atoms with E-state index < -0.39 is 23.6 Å². The number of benzene rings is 1. The summed E-state index contributed by atoms with van der Waals surface area (Å²) in [6.07, 6.45) is -11.2. The highest BCUT2D eigenvalue weighted by molar-refractivity contribution is 5.93. The molecule has 152 valence electrons. The average molecular weight is 410 g/mol. The standard InChI is InChI=1S/C17H13F7N2O2/c1-26(2)14(27)10-3-8-13(25-9-10)28-12-6-4-11(5-7-12)15(18,16(19,20)21)17(22,23)24/h3-9H,1-2H3. The normalized spacial score (nSPS) is 12.6. The molecular formula is C17H13F7N2O2. The van der Waals surface area contributed by atoms with Crippen LogP contribution < -0.4 is 4.74 Å². The number of rotatable bonds is 4. The first-order valence-corrected chi connectivity index (χ1v) is 7.56. The molecule has 0 aliphatic rings. The molecule has 0 bridgehead atoms. The van der Waals surface area contributed by atoms with Gasteiger partial charge in [0.05, 0.1) is 5.56 Å². The van der Waals surface area contributed by atoms with Gasteiger partial charge >= 0.3 is 18.0 Å². The number of carbonyl (C=O) groups is 1. The molecule has 11 heteroatoms. The lowest BCUT2D eigenvalue weighted by Crippen LogP contribution is -2.50. The van der Waals surface area contributed by atoms with Crippen molar-refractivity contribution in [3.63, 3.8) is 0 Å². The molecule has 0 unspecified atom stereocenters. The molecule has 1 amide bonds. The summed E-state index contributed by atoms with van der Waals surface area (Å²) in [6.45, 7) is 0. The van der Waals surface area contributed by atoms with Crippen molar-refractivity contribution in [2.75, 3.05) is 14.1 Å². The van der Waals surface area contributed by atoms with E-state index in [0.717, 1.165) is 12.1 Å². The van der Waals surface area contributed by atoms with Crippen molar-refractivity contribution in [2.45, 2.75) is 18.0 Å². The van der Waals surface area contributed by atoms with Crippen LogP contribution in [0.15, 0.2) is 42.6 Å². The van der Waals surface area contributed by atoms with Crippen LogP contribution in [0.5, 0.6) is 11.6 Å². The molecule has 0 saturated carbocycles. The number of pyridine rings is 1. The van der Waals surface area contributed by atoms with Crippen LogP contribution in [0.2, 0.25) is 0 Å². The summed E-state index contributed by atoms with van der Waals surface area (Å²) < 4.78 is 95.5. The molecular weight excluding hydrogens is 397 g/mol. The highest BCUT2D eigenvalue weighted by Crippen LogP contribution is 2.53. The van der Waals surface area contributed by atoms with Crippen LogP contribution in [0.25, 0.3) is 0 Å². The van der Waals surface area contributed by atoms with Crippen LogP contribution >= 0.6 is 0 Å². The van der Waals surface area contributed by atoms with E-state index in [-0.39, 0.29) is 23.1 Å². The van der Waals surface area contributed by atoms with Crippen molar-refractivity contribution in [2.24, 2.45) is 0 Å². The number of ether oxygens (including phenoxy) is 1. The molecule has 0 saturated heterocycles. The first-order valence-electron chi connectivity index (χ1n) is 7.56. The SMILES string of the molecule is CN(C)C(=O)c1ccc(Oc2ccc(C(F)(C(F)(F)F)C(F)(F)F)cc2)nc1. The van der Waals surface area contributed by atoms with E-state index in [2.05, 4.69) is 4.98 Å². The third-order valence-corrected chi connectivity index (χ3v) is 3.65. The molecule has 0 N–H and O–H groups in total. The Morgan fingerprint density at radius 3 is 1.82 bits per heavy atom. The number of amides is 1. The smallest absolute Gasteiger partial charge is 0.435 e. The lowest BCUT2D eigenvalue weighted by atomic mass is 9.94. The van der Waals surface area contributed by atoms with Gasteiger partial charge in [-0.05, 0) is 18.2 Å². The van der Waals surface area contributed by atoms with E-state index in [4.69, 9.17) is 4.74 Å².